The Kier molecular flexibility index (Phi) is 50.5. The van der Waals surface area contributed by atoms with Crippen molar-refractivity contribution in [2.75, 3.05) is 13.2 Å². The first-order valence-electron chi connectivity index (χ1n) is 27.0. The average Bonchev–Trinajstić information content (AvgIpc) is 3.31. The van der Waals surface area contributed by atoms with Crippen LogP contribution in [0.5, 0.6) is 0 Å². The van der Waals surface area contributed by atoms with Gasteiger partial charge in [-0.2, -0.15) is 0 Å². The Morgan fingerprint density at radius 3 is 1.12 bits per heavy atom. The van der Waals surface area contributed by atoms with E-state index in [2.05, 4.69) is 130 Å². The van der Waals surface area contributed by atoms with Crippen molar-refractivity contribution < 1.29 is 28.6 Å². The van der Waals surface area contributed by atoms with E-state index in [0.717, 1.165) is 128 Å². The second kappa shape index (κ2) is 53.7. The van der Waals surface area contributed by atoms with Gasteiger partial charge in [0.25, 0.3) is 0 Å². The Balaban J connectivity index is 4.53. The third kappa shape index (κ3) is 51.1. The van der Waals surface area contributed by atoms with Gasteiger partial charge in [-0.25, -0.2) is 0 Å². The van der Waals surface area contributed by atoms with Crippen LogP contribution in [0, 0.1) is 0 Å². The molecule has 374 valence electrons. The topological polar surface area (TPSA) is 78.9 Å². The molecule has 0 aliphatic carbocycles. The van der Waals surface area contributed by atoms with Crippen molar-refractivity contribution in [3.8, 4) is 0 Å². The quantitative estimate of drug-likeness (QED) is 0.0199. The van der Waals surface area contributed by atoms with Crippen molar-refractivity contribution in [2.45, 2.75) is 239 Å². The molecule has 0 aliphatic rings. The van der Waals surface area contributed by atoms with Crippen molar-refractivity contribution in [1.82, 2.24) is 0 Å². The minimum atomic E-state index is -0.813. The normalized spacial score (nSPS) is 13.0. The first-order valence-corrected chi connectivity index (χ1v) is 27.0. The molecule has 1 unspecified atom stereocenters. The molecule has 0 rings (SSSR count). The number of hydrogen-bond donors (Lipinski definition) is 0. The maximum Gasteiger partial charge on any atom is 0.306 e. The number of carbonyl (C=O) groups excluding carboxylic acids is 3. The second-order valence-corrected chi connectivity index (χ2v) is 17.5. The predicted octanol–water partition coefficient (Wildman–Crippen LogP) is 17.9. The fourth-order valence-electron chi connectivity index (χ4n) is 7.05. The first-order chi connectivity index (χ1) is 32.5. The van der Waals surface area contributed by atoms with Crippen molar-refractivity contribution in [3.63, 3.8) is 0 Å². The number of unbranched alkanes of at least 4 members (excludes halogenated alkanes) is 22. The summed E-state index contributed by atoms with van der Waals surface area (Å²) in [6, 6.07) is 0. The minimum Gasteiger partial charge on any atom is -0.462 e. The molecule has 0 aromatic carbocycles. The van der Waals surface area contributed by atoms with E-state index >= 15 is 0 Å². The highest BCUT2D eigenvalue weighted by Crippen LogP contribution is 2.13. The first kappa shape index (κ1) is 62.1. The van der Waals surface area contributed by atoms with Crippen LogP contribution in [0.15, 0.2) is 109 Å². The summed E-state index contributed by atoms with van der Waals surface area (Å²) in [5.74, 6) is -0.983. The second-order valence-electron chi connectivity index (χ2n) is 17.5. The number of ether oxygens (including phenoxy) is 3. The van der Waals surface area contributed by atoms with Crippen LogP contribution < -0.4 is 0 Å². The highest BCUT2D eigenvalue weighted by Gasteiger charge is 2.19. The molecule has 0 aromatic rings. The molecule has 0 spiro atoms. The highest BCUT2D eigenvalue weighted by molar-refractivity contribution is 5.71. The third-order valence-corrected chi connectivity index (χ3v) is 11.1. The van der Waals surface area contributed by atoms with E-state index in [9.17, 15) is 14.4 Å². The lowest BCUT2D eigenvalue weighted by Gasteiger charge is -2.18. The molecular formula is C60H98O6. The van der Waals surface area contributed by atoms with E-state index in [1.807, 2.05) is 0 Å². The Bertz CT molecular complexity index is 1370. The molecular weight excluding hydrogens is 817 g/mol. The van der Waals surface area contributed by atoms with E-state index < -0.39 is 6.10 Å². The van der Waals surface area contributed by atoms with Crippen LogP contribution in [0.3, 0.4) is 0 Å². The molecule has 0 N–H and O–H groups in total. The van der Waals surface area contributed by atoms with Crippen LogP contribution in [-0.4, -0.2) is 37.2 Å². The van der Waals surface area contributed by atoms with Crippen molar-refractivity contribution in [2.24, 2.45) is 0 Å². The number of rotatable bonds is 47. The van der Waals surface area contributed by atoms with Crippen molar-refractivity contribution >= 4 is 17.9 Å². The van der Waals surface area contributed by atoms with Crippen LogP contribution in [0.4, 0.5) is 0 Å². The summed E-state index contributed by atoms with van der Waals surface area (Å²) >= 11 is 0. The maximum atomic E-state index is 12.8. The summed E-state index contributed by atoms with van der Waals surface area (Å²) in [5, 5.41) is 0. The molecule has 0 bridgehead atoms. The van der Waals surface area contributed by atoms with Crippen LogP contribution in [0.1, 0.15) is 233 Å². The van der Waals surface area contributed by atoms with Gasteiger partial charge < -0.3 is 14.2 Å². The SMILES string of the molecule is CC/C=C\C/C=C\C/C=C\CCCCCCC(=O)OCC(COC(=O)CCCCCCC\C=C/C=C\C=C/C=C\CCCCC)OC(=O)CCCCC/C=C\C=C/CCCCCCCCC. The molecule has 0 fully saturated rings. The summed E-state index contributed by atoms with van der Waals surface area (Å²) in [6.45, 7) is 6.41. The molecule has 0 aliphatic heterocycles. The minimum absolute atomic E-state index is 0.110. The van der Waals surface area contributed by atoms with E-state index in [1.165, 1.54) is 64.2 Å². The lowest BCUT2D eigenvalue weighted by Crippen LogP contribution is -2.30. The number of esters is 3. The highest BCUT2D eigenvalue weighted by atomic mass is 16.6. The number of carbonyl (C=O) groups is 3. The summed E-state index contributed by atoms with van der Waals surface area (Å²) in [6.07, 6.45) is 72.1. The Morgan fingerprint density at radius 1 is 0.333 bits per heavy atom. The van der Waals surface area contributed by atoms with Gasteiger partial charge in [0, 0.05) is 19.3 Å². The smallest absolute Gasteiger partial charge is 0.306 e. The molecule has 6 nitrogen and oxygen atoms in total. The van der Waals surface area contributed by atoms with Gasteiger partial charge in [-0.1, -0.05) is 220 Å². The molecule has 0 aromatic heterocycles. The largest absolute Gasteiger partial charge is 0.462 e. The molecule has 0 amide bonds. The Hall–Kier alpha value is -3.93. The van der Waals surface area contributed by atoms with Crippen LogP contribution in [-0.2, 0) is 28.6 Å². The standard InChI is InChI=1S/C60H98O6/c1-4-7-10-13-16-19-22-25-28-30-31-33-35-38-41-44-47-50-53-59(62)65-56-57(55-64-58(61)52-49-46-43-40-37-34-27-24-21-18-15-12-9-6-3)66-60(63)54-51-48-45-42-39-36-32-29-26-23-20-17-14-11-8-5-2/h9,12,16,18-19,21-22,25,27-34,36,39,57H,4-8,10-11,13-15,17,20,23-24,26,35,37-38,40-56H2,1-3H3/b12-9-,19-16-,21-18-,25-22-,30-28-,32-29-,33-31-,34-27-,39-36-. The lowest BCUT2D eigenvalue weighted by atomic mass is 10.1. The van der Waals surface area contributed by atoms with Crippen LogP contribution in [0.2, 0.25) is 0 Å². The average molecular weight is 915 g/mol. The van der Waals surface area contributed by atoms with Gasteiger partial charge in [-0.3, -0.25) is 14.4 Å². The summed E-state index contributed by atoms with van der Waals surface area (Å²) in [4.78, 5) is 38.0. The Labute approximate surface area is 406 Å². The van der Waals surface area contributed by atoms with Crippen molar-refractivity contribution in [1.29, 1.82) is 0 Å². The van der Waals surface area contributed by atoms with Gasteiger partial charge in [0.1, 0.15) is 13.2 Å². The van der Waals surface area contributed by atoms with E-state index in [-0.39, 0.29) is 37.5 Å². The van der Waals surface area contributed by atoms with Gasteiger partial charge in [0.2, 0.25) is 0 Å². The van der Waals surface area contributed by atoms with Crippen molar-refractivity contribution in [3.05, 3.63) is 109 Å². The maximum absolute atomic E-state index is 12.8. The summed E-state index contributed by atoms with van der Waals surface area (Å²) in [5.41, 5.74) is 0. The van der Waals surface area contributed by atoms with Gasteiger partial charge >= 0.3 is 17.9 Å². The molecule has 0 radical (unpaired) electrons. The summed E-state index contributed by atoms with van der Waals surface area (Å²) < 4.78 is 16.8. The lowest BCUT2D eigenvalue weighted by molar-refractivity contribution is -0.167. The van der Waals surface area contributed by atoms with E-state index in [0.29, 0.717) is 12.8 Å². The third-order valence-electron chi connectivity index (χ3n) is 11.1. The van der Waals surface area contributed by atoms with E-state index in [1.54, 1.807) is 0 Å². The zero-order valence-corrected chi connectivity index (χ0v) is 42.7. The van der Waals surface area contributed by atoms with Gasteiger partial charge in [-0.15, -0.1) is 0 Å². The summed E-state index contributed by atoms with van der Waals surface area (Å²) in [7, 11) is 0. The zero-order valence-electron chi connectivity index (χ0n) is 42.7. The van der Waals surface area contributed by atoms with E-state index in [4.69, 9.17) is 14.2 Å². The number of hydrogen-bond acceptors (Lipinski definition) is 6. The number of allylic oxidation sites excluding steroid dienone is 18. The fraction of sp³-hybridized carbons (Fsp3) is 0.650. The fourth-order valence-corrected chi connectivity index (χ4v) is 7.05. The molecule has 0 saturated heterocycles. The van der Waals surface area contributed by atoms with Gasteiger partial charge in [0.05, 0.1) is 0 Å². The predicted molar refractivity (Wildman–Crippen MR) is 283 cm³/mol. The van der Waals surface area contributed by atoms with Crippen LogP contribution >= 0.6 is 0 Å². The monoisotopic (exact) mass is 915 g/mol. The molecule has 1 atom stereocenters. The molecule has 6 heteroatoms. The molecule has 0 saturated carbocycles. The molecule has 66 heavy (non-hydrogen) atoms. The van der Waals surface area contributed by atoms with Gasteiger partial charge in [-0.05, 0) is 103 Å². The zero-order chi connectivity index (χ0) is 47.9. The van der Waals surface area contributed by atoms with Crippen LogP contribution in [0.25, 0.3) is 0 Å². The Morgan fingerprint density at radius 2 is 0.652 bits per heavy atom. The molecule has 0 heterocycles. The van der Waals surface area contributed by atoms with Gasteiger partial charge in [0.15, 0.2) is 6.10 Å².